The Morgan fingerprint density at radius 1 is 1.17 bits per heavy atom. The van der Waals surface area contributed by atoms with Crippen LogP contribution in [0.1, 0.15) is 47.5 Å². The Hall–Kier alpha value is -1.90. The van der Waals surface area contributed by atoms with Gasteiger partial charge in [-0.15, -0.1) is 11.3 Å². The fourth-order valence-electron chi connectivity index (χ4n) is 4.23. The van der Waals surface area contributed by atoms with E-state index in [1.54, 1.807) is 35.6 Å². The predicted octanol–water partition coefficient (Wildman–Crippen LogP) is 3.49. The molecule has 0 aliphatic carbocycles. The lowest BCUT2D eigenvalue weighted by Crippen LogP contribution is -2.41. The van der Waals surface area contributed by atoms with E-state index in [2.05, 4.69) is 34.7 Å². The van der Waals surface area contributed by atoms with Crippen molar-refractivity contribution >= 4 is 33.0 Å². The quantitative estimate of drug-likeness (QED) is 0.736. The Morgan fingerprint density at radius 2 is 1.90 bits per heavy atom. The number of nitrogens with zero attached hydrogens (tertiary/aromatic N) is 2. The summed E-state index contributed by atoms with van der Waals surface area (Å²) in [6.45, 7) is 5.48. The first-order chi connectivity index (χ1) is 14.4. The van der Waals surface area contributed by atoms with Gasteiger partial charge in [0, 0.05) is 23.5 Å². The number of sulfonamides is 1. The van der Waals surface area contributed by atoms with E-state index in [0.29, 0.717) is 30.8 Å². The largest absolute Gasteiger partial charge is 0.350 e. The summed E-state index contributed by atoms with van der Waals surface area (Å²) in [7, 11) is -3.21. The van der Waals surface area contributed by atoms with Crippen molar-refractivity contribution in [3.8, 4) is 0 Å². The van der Waals surface area contributed by atoms with Crippen molar-refractivity contribution in [2.75, 3.05) is 36.2 Å². The molecule has 2 fully saturated rings. The van der Waals surface area contributed by atoms with Crippen molar-refractivity contribution in [3.63, 3.8) is 0 Å². The number of carbonyl (C=O) groups excluding carboxylic acids is 1. The zero-order valence-corrected chi connectivity index (χ0v) is 18.9. The monoisotopic (exact) mass is 447 g/mol. The van der Waals surface area contributed by atoms with Gasteiger partial charge in [0.2, 0.25) is 10.0 Å². The van der Waals surface area contributed by atoms with Crippen molar-refractivity contribution < 1.29 is 13.2 Å². The van der Waals surface area contributed by atoms with Crippen LogP contribution in [0.4, 0.5) is 5.69 Å². The maximum Gasteiger partial charge on any atom is 0.251 e. The van der Waals surface area contributed by atoms with E-state index in [9.17, 15) is 13.2 Å². The molecule has 8 heteroatoms. The molecule has 1 atom stereocenters. The first kappa shape index (κ1) is 21.3. The van der Waals surface area contributed by atoms with Crippen LogP contribution in [0.5, 0.6) is 0 Å². The van der Waals surface area contributed by atoms with Gasteiger partial charge in [-0.3, -0.25) is 14.0 Å². The fourth-order valence-corrected chi connectivity index (χ4v) is 6.66. The molecule has 1 aromatic heterocycles. The van der Waals surface area contributed by atoms with Crippen LogP contribution in [0.15, 0.2) is 41.8 Å². The van der Waals surface area contributed by atoms with Gasteiger partial charge in [0.25, 0.3) is 5.91 Å². The highest BCUT2D eigenvalue weighted by Gasteiger charge is 2.29. The van der Waals surface area contributed by atoms with Crippen LogP contribution in [-0.4, -0.2) is 51.2 Å². The van der Waals surface area contributed by atoms with Crippen LogP contribution in [0, 0.1) is 5.92 Å². The number of hydrogen-bond donors (Lipinski definition) is 1. The first-order valence-corrected chi connectivity index (χ1v) is 13.1. The van der Waals surface area contributed by atoms with Gasteiger partial charge in [-0.05, 0) is 74.0 Å². The summed E-state index contributed by atoms with van der Waals surface area (Å²) >= 11 is 1.73. The number of hydrogen-bond acceptors (Lipinski definition) is 5. The summed E-state index contributed by atoms with van der Waals surface area (Å²) in [5.41, 5.74) is 1.18. The smallest absolute Gasteiger partial charge is 0.251 e. The molecule has 2 aliphatic heterocycles. The van der Waals surface area contributed by atoms with E-state index in [4.69, 9.17) is 0 Å². The molecule has 1 unspecified atom stereocenters. The van der Waals surface area contributed by atoms with E-state index < -0.39 is 10.0 Å². The second-order valence-electron chi connectivity index (χ2n) is 8.25. The summed E-state index contributed by atoms with van der Waals surface area (Å²) in [6.07, 6.45) is 3.03. The molecule has 0 saturated carbocycles. The van der Waals surface area contributed by atoms with Crippen LogP contribution in [0.2, 0.25) is 0 Å². The van der Waals surface area contributed by atoms with Crippen LogP contribution in [0.25, 0.3) is 0 Å². The van der Waals surface area contributed by atoms with Crippen molar-refractivity contribution in [2.24, 2.45) is 5.92 Å². The molecule has 0 radical (unpaired) electrons. The van der Waals surface area contributed by atoms with Gasteiger partial charge < -0.3 is 5.32 Å². The van der Waals surface area contributed by atoms with Crippen molar-refractivity contribution in [1.29, 1.82) is 0 Å². The van der Waals surface area contributed by atoms with E-state index in [1.807, 2.05) is 0 Å². The van der Waals surface area contributed by atoms with Gasteiger partial charge >= 0.3 is 0 Å². The number of amides is 1. The van der Waals surface area contributed by atoms with Gasteiger partial charge in [-0.1, -0.05) is 13.0 Å². The lowest BCUT2D eigenvalue weighted by atomic mass is 9.97. The van der Waals surface area contributed by atoms with Gasteiger partial charge in [0.1, 0.15) is 0 Å². The predicted molar refractivity (Wildman–Crippen MR) is 122 cm³/mol. The molecule has 1 amide bonds. The third-order valence-electron chi connectivity index (χ3n) is 6.10. The topological polar surface area (TPSA) is 69.7 Å². The summed E-state index contributed by atoms with van der Waals surface area (Å²) in [5, 5.41) is 5.18. The van der Waals surface area contributed by atoms with Crippen LogP contribution in [0.3, 0.4) is 0 Å². The van der Waals surface area contributed by atoms with Crippen molar-refractivity contribution in [1.82, 2.24) is 10.2 Å². The molecule has 0 spiro atoms. The average molecular weight is 448 g/mol. The van der Waals surface area contributed by atoms with Crippen LogP contribution in [-0.2, 0) is 10.0 Å². The third kappa shape index (κ3) is 4.71. The molecule has 6 nitrogen and oxygen atoms in total. The molecule has 0 bridgehead atoms. The number of rotatable bonds is 6. The second-order valence-corrected chi connectivity index (χ2v) is 11.2. The molecule has 4 rings (SSSR count). The number of thiophene rings is 1. The van der Waals surface area contributed by atoms with Crippen LogP contribution >= 0.6 is 11.3 Å². The number of anilines is 1. The maximum absolute atomic E-state index is 12.8. The number of benzene rings is 1. The highest BCUT2D eigenvalue weighted by atomic mass is 32.2. The maximum atomic E-state index is 12.8. The van der Waals surface area contributed by atoms with E-state index in [1.165, 1.54) is 22.0 Å². The Labute approximate surface area is 182 Å². The number of likely N-dealkylation sites (tertiary alicyclic amines) is 1. The highest BCUT2D eigenvalue weighted by Crippen LogP contribution is 2.29. The van der Waals surface area contributed by atoms with Crippen LogP contribution < -0.4 is 9.62 Å². The zero-order chi connectivity index (χ0) is 21.1. The SMILES string of the molecule is CC1CCN(C(CNC(=O)c2ccc(N3CCCS3(=O)=O)cc2)c2cccs2)CC1. The minimum Gasteiger partial charge on any atom is -0.350 e. The van der Waals surface area contributed by atoms with E-state index >= 15 is 0 Å². The minimum atomic E-state index is -3.21. The first-order valence-electron chi connectivity index (χ1n) is 10.6. The summed E-state index contributed by atoms with van der Waals surface area (Å²) in [6, 6.07) is 11.3. The highest BCUT2D eigenvalue weighted by molar-refractivity contribution is 7.93. The molecular formula is C22H29N3O3S2. The second kappa shape index (κ2) is 9.08. The standard InChI is InChI=1S/C22H29N3O3S2/c1-17-9-12-24(13-10-17)20(21-4-2-14-29-21)16-23-22(26)18-5-7-19(8-6-18)25-11-3-15-30(25,27)28/h2,4-8,14,17,20H,3,9-13,15-16H2,1H3,(H,23,26). The summed E-state index contributed by atoms with van der Waals surface area (Å²) in [5.74, 6) is 0.824. The third-order valence-corrected chi connectivity index (χ3v) is 8.95. The van der Waals surface area contributed by atoms with E-state index in [-0.39, 0.29) is 17.7 Å². The molecule has 162 valence electrons. The lowest BCUT2D eigenvalue weighted by molar-refractivity contribution is 0.0915. The van der Waals surface area contributed by atoms with Gasteiger partial charge in [0.15, 0.2) is 0 Å². The molecule has 2 saturated heterocycles. The minimum absolute atomic E-state index is 0.127. The van der Waals surface area contributed by atoms with E-state index in [0.717, 1.165) is 19.0 Å². The Morgan fingerprint density at radius 3 is 2.50 bits per heavy atom. The fraction of sp³-hybridized carbons (Fsp3) is 0.500. The van der Waals surface area contributed by atoms with Gasteiger partial charge in [-0.2, -0.15) is 0 Å². The summed E-state index contributed by atoms with van der Waals surface area (Å²) < 4.78 is 25.6. The van der Waals surface area contributed by atoms with Crippen molar-refractivity contribution in [2.45, 2.75) is 32.2 Å². The van der Waals surface area contributed by atoms with Crippen molar-refractivity contribution in [3.05, 3.63) is 52.2 Å². The number of nitrogens with one attached hydrogen (secondary N) is 1. The Balaban J connectivity index is 1.41. The zero-order valence-electron chi connectivity index (χ0n) is 17.3. The lowest BCUT2D eigenvalue weighted by Gasteiger charge is -2.36. The Kier molecular flexibility index (Phi) is 6.46. The van der Waals surface area contributed by atoms with Gasteiger partial charge in [-0.25, -0.2) is 8.42 Å². The Bertz CT molecular complexity index is 950. The molecule has 3 heterocycles. The van der Waals surface area contributed by atoms with Gasteiger partial charge in [0.05, 0.1) is 17.5 Å². The molecule has 1 N–H and O–H groups in total. The normalized spacial score (nSPS) is 20.9. The molecular weight excluding hydrogens is 418 g/mol. The average Bonchev–Trinajstić information content (AvgIpc) is 3.39. The summed E-state index contributed by atoms with van der Waals surface area (Å²) in [4.78, 5) is 16.5. The number of piperidine rings is 1. The number of carbonyl (C=O) groups is 1. The molecule has 2 aliphatic rings. The molecule has 2 aromatic rings. The molecule has 1 aromatic carbocycles. The molecule has 30 heavy (non-hydrogen) atoms.